The highest BCUT2D eigenvalue weighted by Gasteiger charge is 2.39. The minimum atomic E-state index is -0.0840. The van der Waals surface area contributed by atoms with E-state index in [2.05, 4.69) is 32.6 Å². The molecule has 0 heterocycles. The van der Waals surface area contributed by atoms with Gasteiger partial charge in [-0.05, 0) is 46.0 Å². The lowest BCUT2D eigenvalue weighted by Crippen LogP contribution is -2.51. The largest absolute Gasteiger partial charge is 0.381 e. The van der Waals surface area contributed by atoms with Gasteiger partial charge in [0.25, 0.3) is 0 Å². The molecule has 5 atom stereocenters. The molecule has 0 saturated heterocycles. The molecule has 3 nitrogen and oxygen atoms in total. The van der Waals surface area contributed by atoms with Crippen LogP contribution in [-0.4, -0.2) is 41.5 Å². The smallest absolute Gasteiger partial charge is 0.228 e. The summed E-state index contributed by atoms with van der Waals surface area (Å²) in [7, 11) is 1.70. The fourth-order valence-electron chi connectivity index (χ4n) is 3.09. The minimum Gasteiger partial charge on any atom is -0.381 e. The van der Waals surface area contributed by atoms with E-state index in [0.717, 1.165) is 32.1 Å². The zero-order valence-corrected chi connectivity index (χ0v) is 14.3. The SMILES string of the molecule is CCC(C)N(C(=O)C1CC(Cl)CCC1OC)C(C)CC. The summed E-state index contributed by atoms with van der Waals surface area (Å²) in [4.78, 5) is 15.1. The van der Waals surface area contributed by atoms with Crippen LogP contribution in [0.1, 0.15) is 59.8 Å². The summed E-state index contributed by atoms with van der Waals surface area (Å²) in [5, 5.41) is 0.103. The lowest BCUT2D eigenvalue weighted by Gasteiger charge is -2.40. The predicted molar refractivity (Wildman–Crippen MR) is 84.1 cm³/mol. The first-order valence-corrected chi connectivity index (χ1v) is 8.38. The van der Waals surface area contributed by atoms with E-state index in [1.54, 1.807) is 7.11 Å². The van der Waals surface area contributed by atoms with Crippen LogP contribution in [0.15, 0.2) is 0 Å². The van der Waals surface area contributed by atoms with Gasteiger partial charge in [-0.2, -0.15) is 0 Å². The van der Waals surface area contributed by atoms with Gasteiger partial charge in [0, 0.05) is 24.6 Å². The lowest BCUT2D eigenvalue weighted by molar-refractivity contribution is -0.146. The second-order valence-electron chi connectivity index (χ2n) is 6.05. The van der Waals surface area contributed by atoms with E-state index >= 15 is 0 Å². The molecule has 4 heteroatoms. The molecule has 0 aromatic heterocycles. The number of alkyl halides is 1. The first-order valence-electron chi connectivity index (χ1n) is 7.95. The molecule has 118 valence electrons. The standard InChI is InChI=1S/C16H30ClNO2/c1-6-11(3)18(12(4)7-2)16(19)14-10-13(17)8-9-15(14)20-5/h11-15H,6-10H2,1-5H3. The van der Waals surface area contributed by atoms with Crippen molar-refractivity contribution in [3.63, 3.8) is 0 Å². The van der Waals surface area contributed by atoms with E-state index in [9.17, 15) is 4.79 Å². The molecular formula is C16H30ClNO2. The van der Waals surface area contributed by atoms with E-state index in [1.165, 1.54) is 0 Å². The molecule has 1 rings (SSSR count). The number of carbonyl (C=O) groups is 1. The summed E-state index contributed by atoms with van der Waals surface area (Å²) in [5.41, 5.74) is 0. The number of methoxy groups -OCH3 is 1. The Morgan fingerprint density at radius 3 is 2.25 bits per heavy atom. The summed E-state index contributed by atoms with van der Waals surface area (Å²) in [5.74, 6) is 0.144. The van der Waals surface area contributed by atoms with Crippen LogP contribution in [0.5, 0.6) is 0 Å². The Kier molecular flexibility index (Phi) is 7.32. The second-order valence-corrected chi connectivity index (χ2v) is 6.67. The first-order chi connectivity index (χ1) is 9.46. The van der Waals surface area contributed by atoms with E-state index in [0.29, 0.717) is 0 Å². The van der Waals surface area contributed by atoms with Gasteiger partial charge in [-0.1, -0.05) is 13.8 Å². The number of carbonyl (C=O) groups excluding carboxylic acids is 1. The highest BCUT2D eigenvalue weighted by molar-refractivity contribution is 6.20. The molecule has 1 aliphatic carbocycles. The van der Waals surface area contributed by atoms with Crippen molar-refractivity contribution in [2.45, 2.75) is 83.4 Å². The van der Waals surface area contributed by atoms with Crippen LogP contribution in [0.3, 0.4) is 0 Å². The molecule has 0 aromatic rings. The molecule has 0 spiro atoms. The highest BCUT2D eigenvalue weighted by Crippen LogP contribution is 2.32. The molecule has 1 saturated carbocycles. The zero-order valence-electron chi connectivity index (χ0n) is 13.6. The second kappa shape index (κ2) is 8.23. The number of nitrogens with zero attached hydrogens (tertiary/aromatic N) is 1. The first kappa shape index (κ1) is 17.8. The van der Waals surface area contributed by atoms with Crippen LogP contribution < -0.4 is 0 Å². The molecule has 20 heavy (non-hydrogen) atoms. The zero-order chi connectivity index (χ0) is 15.3. The maximum atomic E-state index is 13.0. The molecule has 1 amide bonds. The summed E-state index contributed by atoms with van der Waals surface area (Å²) in [6.45, 7) is 8.53. The number of amides is 1. The topological polar surface area (TPSA) is 29.5 Å². The lowest BCUT2D eigenvalue weighted by atomic mass is 9.84. The Bertz CT molecular complexity index is 301. The van der Waals surface area contributed by atoms with Crippen LogP contribution in [0, 0.1) is 5.92 Å². The Morgan fingerprint density at radius 1 is 1.25 bits per heavy atom. The number of halogens is 1. The monoisotopic (exact) mass is 303 g/mol. The molecule has 5 unspecified atom stereocenters. The van der Waals surface area contributed by atoms with Gasteiger partial charge in [0.15, 0.2) is 0 Å². The Hall–Kier alpha value is -0.280. The number of rotatable bonds is 6. The highest BCUT2D eigenvalue weighted by atomic mass is 35.5. The van der Waals surface area contributed by atoms with Gasteiger partial charge in [-0.25, -0.2) is 0 Å². The van der Waals surface area contributed by atoms with Crippen molar-refractivity contribution in [2.75, 3.05) is 7.11 Å². The minimum absolute atomic E-state index is 0.0214. The molecule has 0 radical (unpaired) electrons. The van der Waals surface area contributed by atoms with Gasteiger partial charge in [0.2, 0.25) is 5.91 Å². The van der Waals surface area contributed by atoms with Crippen molar-refractivity contribution < 1.29 is 9.53 Å². The van der Waals surface area contributed by atoms with Crippen molar-refractivity contribution in [3.05, 3.63) is 0 Å². The van der Waals surface area contributed by atoms with Crippen LogP contribution in [0.25, 0.3) is 0 Å². The molecule has 0 aromatic carbocycles. The normalized spacial score (nSPS) is 29.8. The van der Waals surface area contributed by atoms with E-state index in [1.807, 2.05) is 0 Å². The summed E-state index contributed by atoms with van der Waals surface area (Å²) in [6, 6.07) is 0.538. The van der Waals surface area contributed by atoms with Gasteiger partial charge >= 0.3 is 0 Å². The van der Waals surface area contributed by atoms with E-state index in [4.69, 9.17) is 16.3 Å². The van der Waals surface area contributed by atoms with Crippen molar-refractivity contribution in [3.8, 4) is 0 Å². The van der Waals surface area contributed by atoms with Crippen LogP contribution in [0.2, 0.25) is 0 Å². The maximum absolute atomic E-state index is 13.0. The predicted octanol–water partition coefficient (Wildman–Crippen LogP) is 3.83. The molecular weight excluding hydrogens is 274 g/mol. The third-order valence-electron chi connectivity index (χ3n) is 4.73. The average molecular weight is 304 g/mol. The van der Waals surface area contributed by atoms with Crippen molar-refractivity contribution >= 4 is 17.5 Å². The Labute approximate surface area is 129 Å². The van der Waals surface area contributed by atoms with Crippen LogP contribution in [-0.2, 0) is 9.53 Å². The molecule has 0 aliphatic heterocycles. The number of hydrogen-bond donors (Lipinski definition) is 0. The van der Waals surface area contributed by atoms with Gasteiger partial charge in [-0.15, -0.1) is 11.6 Å². The van der Waals surface area contributed by atoms with Gasteiger partial charge in [0.05, 0.1) is 12.0 Å². The van der Waals surface area contributed by atoms with E-state index in [-0.39, 0.29) is 35.4 Å². The van der Waals surface area contributed by atoms with Crippen molar-refractivity contribution in [2.24, 2.45) is 5.92 Å². The van der Waals surface area contributed by atoms with Gasteiger partial charge in [-0.3, -0.25) is 4.79 Å². The number of hydrogen-bond acceptors (Lipinski definition) is 2. The van der Waals surface area contributed by atoms with E-state index < -0.39 is 0 Å². The quantitative estimate of drug-likeness (QED) is 0.698. The average Bonchev–Trinajstić information content (AvgIpc) is 2.46. The third-order valence-corrected chi connectivity index (χ3v) is 5.13. The fourth-order valence-corrected chi connectivity index (χ4v) is 3.41. The molecule has 0 N–H and O–H groups in total. The van der Waals surface area contributed by atoms with Crippen LogP contribution in [0.4, 0.5) is 0 Å². The summed E-state index contributed by atoms with van der Waals surface area (Å²) < 4.78 is 5.54. The Morgan fingerprint density at radius 2 is 1.80 bits per heavy atom. The van der Waals surface area contributed by atoms with Crippen LogP contribution >= 0.6 is 11.6 Å². The molecule has 1 fully saturated rings. The van der Waals surface area contributed by atoms with Gasteiger partial charge in [0.1, 0.15) is 0 Å². The summed E-state index contributed by atoms with van der Waals surface area (Å²) >= 11 is 6.28. The third kappa shape index (κ3) is 4.11. The van der Waals surface area contributed by atoms with Crippen molar-refractivity contribution in [1.82, 2.24) is 4.90 Å². The molecule has 0 bridgehead atoms. The maximum Gasteiger partial charge on any atom is 0.228 e. The molecule has 1 aliphatic rings. The summed E-state index contributed by atoms with van der Waals surface area (Å²) in [6.07, 6.45) is 4.54. The van der Waals surface area contributed by atoms with Gasteiger partial charge < -0.3 is 9.64 Å². The Balaban J connectivity index is 2.90. The van der Waals surface area contributed by atoms with Crippen molar-refractivity contribution in [1.29, 1.82) is 0 Å². The number of ether oxygens (including phenoxy) is 1. The fraction of sp³-hybridized carbons (Fsp3) is 0.938.